The minimum absolute atomic E-state index is 0.0114. The summed E-state index contributed by atoms with van der Waals surface area (Å²) in [5.41, 5.74) is 0.163. The number of nitrogens with zero attached hydrogens (tertiary/aromatic N) is 2. The molecule has 0 bridgehead atoms. The first kappa shape index (κ1) is 19.4. The SMILES string of the molecule is CCN(Cc1nc2ccccc2c(=O)[nH]1)C(=O)C1CCCCC1C(F)(F)F. The molecule has 1 aromatic heterocycles. The van der Waals surface area contributed by atoms with Gasteiger partial charge in [-0.25, -0.2) is 4.98 Å². The van der Waals surface area contributed by atoms with Crippen molar-refractivity contribution in [3.8, 4) is 0 Å². The number of fused-ring (bicyclic) bond motifs is 1. The third kappa shape index (κ3) is 4.14. The number of benzene rings is 1. The van der Waals surface area contributed by atoms with Gasteiger partial charge in [0.25, 0.3) is 5.56 Å². The van der Waals surface area contributed by atoms with E-state index in [1.54, 1.807) is 31.2 Å². The molecule has 2 aromatic rings. The zero-order valence-corrected chi connectivity index (χ0v) is 15.1. The Labute approximate surface area is 154 Å². The van der Waals surface area contributed by atoms with Crippen molar-refractivity contribution >= 4 is 16.8 Å². The number of halogens is 3. The lowest BCUT2D eigenvalue weighted by Crippen LogP contribution is -2.44. The van der Waals surface area contributed by atoms with Gasteiger partial charge < -0.3 is 9.88 Å². The van der Waals surface area contributed by atoms with E-state index in [9.17, 15) is 22.8 Å². The van der Waals surface area contributed by atoms with Crippen LogP contribution in [-0.2, 0) is 11.3 Å². The fourth-order valence-electron chi connectivity index (χ4n) is 3.79. The van der Waals surface area contributed by atoms with Crippen LogP contribution in [0, 0.1) is 11.8 Å². The van der Waals surface area contributed by atoms with E-state index in [0.717, 1.165) is 0 Å². The molecule has 27 heavy (non-hydrogen) atoms. The van der Waals surface area contributed by atoms with Crippen molar-refractivity contribution in [3.63, 3.8) is 0 Å². The molecule has 1 amide bonds. The van der Waals surface area contributed by atoms with Gasteiger partial charge in [-0.3, -0.25) is 9.59 Å². The number of nitrogens with one attached hydrogen (secondary N) is 1. The Bertz CT molecular complexity index is 878. The standard InChI is InChI=1S/C19H22F3N3O2/c1-2-25(18(27)12-7-3-5-9-14(12)19(20,21)22)11-16-23-15-10-6-4-8-13(15)17(26)24-16/h4,6,8,10,12,14H,2-3,5,7,9,11H2,1H3,(H,23,24,26). The van der Waals surface area contributed by atoms with Crippen LogP contribution in [0.1, 0.15) is 38.4 Å². The highest BCUT2D eigenvalue weighted by atomic mass is 19.4. The topological polar surface area (TPSA) is 66.1 Å². The zero-order chi connectivity index (χ0) is 19.6. The molecule has 1 saturated carbocycles. The Morgan fingerprint density at radius 2 is 1.96 bits per heavy atom. The minimum Gasteiger partial charge on any atom is -0.335 e. The molecule has 1 N–H and O–H groups in total. The van der Waals surface area contributed by atoms with Gasteiger partial charge in [0.15, 0.2) is 0 Å². The smallest absolute Gasteiger partial charge is 0.335 e. The maximum Gasteiger partial charge on any atom is 0.392 e. The highest BCUT2D eigenvalue weighted by Crippen LogP contribution is 2.42. The second-order valence-corrected chi connectivity index (χ2v) is 6.92. The summed E-state index contributed by atoms with van der Waals surface area (Å²) in [7, 11) is 0. The summed E-state index contributed by atoms with van der Waals surface area (Å²) in [6, 6.07) is 6.80. The normalized spacial score (nSPS) is 20.6. The number of carbonyl (C=O) groups excluding carboxylic acids is 1. The molecular weight excluding hydrogens is 359 g/mol. The summed E-state index contributed by atoms with van der Waals surface area (Å²) in [5, 5.41) is 0.431. The van der Waals surface area contributed by atoms with Crippen LogP contribution in [0.25, 0.3) is 10.9 Å². The van der Waals surface area contributed by atoms with E-state index >= 15 is 0 Å². The van der Waals surface area contributed by atoms with Gasteiger partial charge in [0.2, 0.25) is 5.91 Å². The number of hydrogen-bond donors (Lipinski definition) is 1. The fraction of sp³-hybridized carbons (Fsp3) is 0.526. The van der Waals surface area contributed by atoms with Crippen molar-refractivity contribution in [1.29, 1.82) is 0 Å². The van der Waals surface area contributed by atoms with E-state index in [1.165, 1.54) is 4.90 Å². The van der Waals surface area contributed by atoms with Gasteiger partial charge in [-0.2, -0.15) is 13.2 Å². The first-order valence-corrected chi connectivity index (χ1v) is 9.14. The molecule has 1 aliphatic rings. The summed E-state index contributed by atoms with van der Waals surface area (Å²) in [4.78, 5) is 33.4. The van der Waals surface area contributed by atoms with Gasteiger partial charge in [0.05, 0.1) is 23.4 Å². The number of rotatable bonds is 4. The molecule has 5 nitrogen and oxygen atoms in total. The van der Waals surface area contributed by atoms with Crippen LogP contribution < -0.4 is 5.56 Å². The molecule has 0 radical (unpaired) electrons. The number of amides is 1. The van der Waals surface area contributed by atoms with E-state index in [4.69, 9.17) is 0 Å². The monoisotopic (exact) mass is 381 g/mol. The van der Waals surface area contributed by atoms with E-state index in [2.05, 4.69) is 9.97 Å². The van der Waals surface area contributed by atoms with Crippen molar-refractivity contribution < 1.29 is 18.0 Å². The second kappa shape index (κ2) is 7.70. The number of hydrogen-bond acceptors (Lipinski definition) is 3. The van der Waals surface area contributed by atoms with Crippen molar-refractivity contribution in [3.05, 3.63) is 40.4 Å². The van der Waals surface area contributed by atoms with Crippen LogP contribution >= 0.6 is 0 Å². The van der Waals surface area contributed by atoms with Gasteiger partial charge in [0, 0.05) is 12.5 Å². The van der Waals surface area contributed by atoms with Gasteiger partial charge in [0.1, 0.15) is 5.82 Å². The Morgan fingerprint density at radius 3 is 2.67 bits per heavy atom. The number of para-hydroxylation sites is 1. The number of alkyl halides is 3. The van der Waals surface area contributed by atoms with E-state index in [1.807, 2.05) is 0 Å². The highest BCUT2D eigenvalue weighted by molar-refractivity contribution is 5.80. The van der Waals surface area contributed by atoms with Crippen LogP contribution in [0.2, 0.25) is 0 Å². The molecular formula is C19H22F3N3O2. The third-order valence-electron chi connectivity index (χ3n) is 5.20. The molecule has 0 saturated heterocycles. The largest absolute Gasteiger partial charge is 0.392 e. The maximum atomic E-state index is 13.3. The molecule has 1 aromatic carbocycles. The molecule has 2 atom stereocenters. The number of carbonyl (C=O) groups is 1. The lowest BCUT2D eigenvalue weighted by molar-refractivity contribution is -0.201. The predicted molar refractivity (Wildman–Crippen MR) is 95.0 cm³/mol. The van der Waals surface area contributed by atoms with E-state index in [0.29, 0.717) is 23.7 Å². The number of H-pyrrole nitrogens is 1. The second-order valence-electron chi connectivity index (χ2n) is 6.92. The molecule has 1 fully saturated rings. The van der Waals surface area contributed by atoms with Crippen molar-refractivity contribution in [1.82, 2.24) is 14.9 Å². The molecule has 0 aliphatic heterocycles. The summed E-state index contributed by atoms with van der Waals surface area (Å²) in [6.45, 7) is 1.94. The highest BCUT2D eigenvalue weighted by Gasteiger charge is 2.48. The zero-order valence-electron chi connectivity index (χ0n) is 15.1. The molecule has 8 heteroatoms. The third-order valence-corrected chi connectivity index (χ3v) is 5.20. The number of aromatic amines is 1. The van der Waals surface area contributed by atoms with Crippen LogP contribution in [-0.4, -0.2) is 33.5 Å². The molecule has 146 valence electrons. The molecule has 2 unspecified atom stereocenters. The van der Waals surface area contributed by atoms with Crippen molar-refractivity contribution in [2.24, 2.45) is 11.8 Å². The van der Waals surface area contributed by atoms with Crippen LogP contribution in [0.3, 0.4) is 0 Å². The summed E-state index contributed by atoms with van der Waals surface area (Å²) in [6.07, 6.45) is -3.05. The average molecular weight is 381 g/mol. The van der Waals surface area contributed by atoms with Gasteiger partial charge >= 0.3 is 6.18 Å². The Balaban J connectivity index is 1.84. The van der Waals surface area contributed by atoms with Crippen molar-refractivity contribution in [2.45, 2.75) is 45.3 Å². The van der Waals surface area contributed by atoms with Gasteiger partial charge in [-0.05, 0) is 31.9 Å². The van der Waals surface area contributed by atoms with Crippen LogP contribution in [0.15, 0.2) is 29.1 Å². The van der Waals surface area contributed by atoms with Gasteiger partial charge in [-0.15, -0.1) is 0 Å². The van der Waals surface area contributed by atoms with E-state index in [-0.39, 0.29) is 37.3 Å². The molecule has 0 spiro atoms. The summed E-state index contributed by atoms with van der Waals surface area (Å²) >= 11 is 0. The predicted octanol–water partition coefficient (Wildman–Crippen LogP) is 3.64. The van der Waals surface area contributed by atoms with Crippen LogP contribution in [0.4, 0.5) is 13.2 Å². The minimum atomic E-state index is -4.38. The lowest BCUT2D eigenvalue weighted by Gasteiger charge is -2.35. The quantitative estimate of drug-likeness (QED) is 0.879. The van der Waals surface area contributed by atoms with Gasteiger partial charge in [-0.1, -0.05) is 25.0 Å². The lowest BCUT2D eigenvalue weighted by atomic mass is 9.78. The Morgan fingerprint density at radius 1 is 1.26 bits per heavy atom. The Kier molecular flexibility index (Phi) is 5.53. The molecule has 3 rings (SSSR count). The summed E-state index contributed by atoms with van der Waals surface area (Å²) in [5.74, 6) is -2.91. The first-order chi connectivity index (χ1) is 12.8. The molecule has 1 aliphatic carbocycles. The molecule has 1 heterocycles. The maximum absolute atomic E-state index is 13.3. The van der Waals surface area contributed by atoms with Crippen molar-refractivity contribution in [2.75, 3.05) is 6.54 Å². The summed E-state index contributed by atoms with van der Waals surface area (Å²) < 4.78 is 40.0. The van der Waals surface area contributed by atoms with Crippen LogP contribution in [0.5, 0.6) is 0 Å². The van der Waals surface area contributed by atoms with E-state index < -0.39 is 23.9 Å². The number of aromatic nitrogens is 2. The fourth-order valence-corrected chi connectivity index (χ4v) is 3.79. The Hall–Kier alpha value is -2.38. The first-order valence-electron chi connectivity index (χ1n) is 9.14. The average Bonchev–Trinajstić information content (AvgIpc) is 2.65.